The lowest BCUT2D eigenvalue weighted by molar-refractivity contribution is 0.112. The van der Waals surface area contributed by atoms with Crippen LogP contribution in [0.5, 0.6) is 0 Å². The number of rotatable bonds is 3. The maximum atomic E-state index is 11.2. The number of benzene rings is 1. The van der Waals surface area contributed by atoms with Crippen molar-refractivity contribution >= 4 is 29.2 Å². The second kappa shape index (κ2) is 5.23. The molecule has 0 unspecified atom stereocenters. The molecular formula is C15H11ClN2OS. The molecule has 0 fully saturated rings. The largest absolute Gasteiger partial charge is 0.298 e. The number of aryl methyl sites for hydroxylation is 1. The summed E-state index contributed by atoms with van der Waals surface area (Å²) in [5, 5.41) is 6.40. The molecule has 3 aromatic rings. The van der Waals surface area contributed by atoms with Gasteiger partial charge in [-0.1, -0.05) is 29.3 Å². The summed E-state index contributed by atoms with van der Waals surface area (Å²) in [7, 11) is 0. The van der Waals surface area contributed by atoms with Crippen LogP contribution in [0, 0.1) is 6.92 Å². The van der Waals surface area contributed by atoms with Crippen LogP contribution >= 0.6 is 22.9 Å². The third-order valence-corrected chi connectivity index (χ3v) is 4.10. The number of halogens is 1. The van der Waals surface area contributed by atoms with Gasteiger partial charge in [-0.3, -0.25) is 4.79 Å². The van der Waals surface area contributed by atoms with Gasteiger partial charge in [-0.05, 0) is 25.1 Å². The highest BCUT2D eigenvalue weighted by Crippen LogP contribution is 2.30. The molecule has 0 radical (unpaired) electrons. The molecule has 0 aliphatic heterocycles. The summed E-state index contributed by atoms with van der Waals surface area (Å²) < 4.78 is 2.39. The lowest BCUT2D eigenvalue weighted by Crippen LogP contribution is -1.94. The highest BCUT2D eigenvalue weighted by Gasteiger charge is 2.13. The van der Waals surface area contributed by atoms with Crippen LogP contribution in [0.1, 0.15) is 15.9 Å². The summed E-state index contributed by atoms with van der Waals surface area (Å²) >= 11 is 7.37. The molecule has 0 aliphatic carbocycles. The predicted octanol–water partition coefficient (Wildman–Crippen LogP) is 4.38. The van der Waals surface area contributed by atoms with Crippen molar-refractivity contribution in [3.05, 3.63) is 57.4 Å². The van der Waals surface area contributed by atoms with Gasteiger partial charge in [0.1, 0.15) is 5.69 Å². The van der Waals surface area contributed by atoms with E-state index < -0.39 is 0 Å². The number of nitrogens with zero attached hydrogens (tertiary/aromatic N) is 2. The fourth-order valence-electron chi connectivity index (χ4n) is 1.96. The first kappa shape index (κ1) is 13.1. The Labute approximate surface area is 125 Å². The van der Waals surface area contributed by atoms with E-state index in [9.17, 15) is 4.79 Å². The number of thiophene rings is 1. The van der Waals surface area contributed by atoms with Gasteiger partial charge in [0, 0.05) is 17.1 Å². The van der Waals surface area contributed by atoms with Crippen LogP contribution in [0.3, 0.4) is 0 Å². The van der Waals surface area contributed by atoms with Gasteiger partial charge in [-0.2, -0.15) is 5.10 Å². The summed E-state index contributed by atoms with van der Waals surface area (Å²) in [5.41, 5.74) is 4.18. The molecule has 100 valence electrons. The van der Waals surface area contributed by atoms with Crippen molar-refractivity contribution < 1.29 is 4.79 Å². The SMILES string of the molecule is Cc1ccc(-n2cc(C=O)c(-c3csc(Cl)c3)n2)cc1. The van der Waals surface area contributed by atoms with Gasteiger partial charge in [-0.25, -0.2) is 4.68 Å². The van der Waals surface area contributed by atoms with Gasteiger partial charge >= 0.3 is 0 Å². The van der Waals surface area contributed by atoms with Gasteiger partial charge in [-0.15, -0.1) is 11.3 Å². The Morgan fingerprint density at radius 1 is 1.30 bits per heavy atom. The number of aldehydes is 1. The van der Waals surface area contributed by atoms with Gasteiger partial charge in [0.2, 0.25) is 0 Å². The first-order valence-corrected chi connectivity index (χ1v) is 7.29. The molecule has 0 N–H and O–H groups in total. The van der Waals surface area contributed by atoms with Crippen LogP contribution < -0.4 is 0 Å². The fourth-order valence-corrected chi connectivity index (χ4v) is 2.83. The molecule has 3 rings (SSSR count). The molecule has 1 aromatic carbocycles. The van der Waals surface area contributed by atoms with Crippen LogP contribution in [0.25, 0.3) is 16.9 Å². The first-order valence-electron chi connectivity index (χ1n) is 6.03. The van der Waals surface area contributed by atoms with Crippen LogP contribution in [0.15, 0.2) is 41.9 Å². The zero-order valence-electron chi connectivity index (χ0n) is 10.7. The van der Waals surface area contributed by atoms with Gasteiger partial charge < -0.3 is 0 Å². The molecular weight excluding hydrogens is 292 g/mol. The predicted molar refractivity (Wildman–Crippen MR) is 82.0 cm³/mol. The molecule has 0 amide bonds. The average molecular weight is 303 g/mol. The quantitative estimate of drug-likeness (QED) is 0.673. The monoisotopic (exact) mass is 302 g/mol. The van der Waals surface area contributed by atoms with E-state index in [1.165, 1.54) is 16.9 Å². The molecule has 0 aliphatic rings. The van der Waals surface area contributed by atoms with E-state index in [0.29, 0.717) is 15.6 Å². The van der Waals surface area contributed by atoms with Crippen LogP contribution in [0.4, 0.5) is 0 Å². The Hall–Kier alpha value is -1.91. The van der Waals surface area contributed by atoms with Crippen molar-refractivity contribution in [2.24, 2.45) is 0 Å². The lowest BCUT2D eigenvalue weighted by atomic mass is 10.2. The highest BCUT2D eigenvalue weighted by atomic mass is 35.5. The summed E-state index contributed by atoms with van der Waals surface area (Å²) in [4.78, 5) is 11.2. The minimum absolute atomic E-state index is 0.556. The minimum Gasteiger partial charge on any atom is -0.298 e. The molecule has 0 atom stereocenters. The molecule has 0 bridgehead atoms. The van der Waals surface area contributed by atoms with Crippen LogP contribution in [-0.2, 0) is 0 Å². The number of carbonyl (C=O) groups is 1. The zero-order valence-corrected chi connectivity index (χ0v) is 12.3. The van der Waals surface area contributed by atoms with Gasteiger partial charge in [0.25, 0.3) is 0 Å². The molecule has 0 saturated carbocycles. The normalized spacial score (nSPS) is 10.7. The molecule has 5 heteroatoms. The highest BCUT2D eigenvalue weighted by molar-refractivity contribution is 7.14. The Morgan fingerprint density at radius 3 is 2.65 bits per heavy atom. The fraction of sp³-hybridized carbons (Fsp3) is 0.0667. The molecule has 2 aromatic heterocycles. The minimum atomic E-state index is 0.556. The van der Waals surface area contributed by atoms with E-state index in [4.69, 9.17) is 11.6 Å². The van der Waals surface area contributed by atoms with Gasteiger partial charge in [0.05, 0.1) is 15.6 Å². The van der Waals surface area contributed by atoms with E-state index >= 15 is 0 Å². The molecule has 2 heterocycles. The topological polar surface area (TPSA) is 34.9 Å². The first-order chi connectivity index (χ1) is 9.67. The van der Waals surface area contributed by atoms with Crippen LogP contribution in [0.2, 0.25) is 4.34 Å². The van der Waals surface area contributed by atoms with Crippen molar-refractivity contribution in [2.75, 3.05) is 0 Å². The lowest BCUT2D eigenvalue weighted by Gasteiger charge is -2.01. The number of hydrogen-bond acceptors (Lipinski definition) is 3. The Balaban J connectivity index is 2.09. The van der Waals surface area contributed by atoms with E-state index in [0.717, 1.165) is 17.5 Å². The second-order valence-electron chi connectivity index (χ2n) is 4.47. The molecule has 0 spiro atoms. The summed E-state index contributed by atoms with van der Waals surface area (Å²) in [6.45, 7) is 2.03. The van der Waals surface area contributed by atoms with E-state index in [1.54, 1.807) is 10.9 Å². The third-order valence-electron chi connectivity index (χ3n) is 3.01. The maximum absolute atomic E-state index is 11.2. The summed E-state index contributed by atoms with van der Waals surface area (Å²) in [6, 6.07) is 9.79. The van der Waals surface area contributed by atoms with Crippen LogP contribution in [-0.4, -0.2) is 16.1 Å². The Morgan fingerprint density at radius 2 is 2.05 bits per heavy atom. The van der Waals surface area contributed by atoms with Crippen molar-refractivity contribution in [3.8, 4) is 16.9 Å². The average Bonchev–Trinajstić information content (AvgIpc) is 3.05. The molecule has 20 heavy (non-hydrogen) atoms. The van der Waals surface area contributed by atoms with Crippen molar-refractivity contribution in [1.29, 1.82) is 0 Å². The van der Waals surface area contributed by atoms with Crippen molar-refractivity contribution in [1.82, 2.24) is 9.78 Å². The van der Waals surface area contributed by atoms with Gasteiger partial charge in [0.15, 0.2) is 6.29 Å². The van der Waals surface area contributed by atoms with E-state index in [1.807, 2.05) is 42.6 Å². The smallest absolute Gasteiger partial charge is 0.153 e. The van der Waals surface area contributed by atoms with E-state index in [2.05, 4.69) is 5.10 Å². The molecule has 0 saturated heterocycles. The van der Waals surface area contributed by atoms with Crippen molar-refractivity contribution in [3.63, 3.8) is 0 Å². The number of carbonyl (C=O) groups excluding carboxylic acids is 1. The molecule has 3 nitrogen and oxygen atoms in total. The third kappa shape index (κ3) is 2.40. The second-order valence-corrected chi connectivity index (χ2v) is 6.01. The van der Waals surface area contributed by atoms with E-state index in [-0.39, 0.29) is 0 Å². The summed E-state index contributed by atoms with van der Waals surface area (Å²) in [5.74, 6) is 0. The Bertz CT molecular complexity index is 759. The summed E-state index contributed by atoms with van der Waals surface area (Å²) in [6.07, 6.45) is 2.55. The standard InChI is InChI=1S/C15H11ClN2OS/c1-10-2-4-13(5-3-10)18-7-12(8-19)15(17-18)11-6-14(16)20-9-11/h2-9H,1H3. The number of aromatic nitrogens is 2. The van der Waals surface area contributed by atoms with Crippen molar-refractivity contribution in [2.45, 2.75) is 6.92 Å². The maximum Gasteiger partial charge on any atom is 0.153 e. The Kier molecular flexibility index (Phi) is 3.42. The number of hydrogen-bond donors (Lipinski definition) is 0. The zero-order chi connectivity index (χ0) is 14.1.